The molecule has 1 rings (SSSR count). The van der Waals surface area contributed by atoms with Crippen molar-refractivity contribution in [2.75, 3.05) is 13.7 Å². The summed E-state index contributed by atoms with van der Waals surface area (Å²) in [5, 5.41) is 50.4. The van der Waals surface area contributed by atoms with Gasteiger partial charge in [-0.1, -0.05) is 0 Å². The first-order valence-electron chi connectivity index (χ1n) is 5.15. The Bertz CT molecular complexity index is 292. The number of hydrogen-bond acceptors (Lipinski definition) is 8. The van der Waals surface area contributed by atoms with E-state index < -0.39 is 43.3 Å². The summed E-state index contributed by atoms with van der Waals surface area (Å²) >= 11 is 0. The number of carbonyl (C=O) groups excluding carboxylic acids is 1. The van der Waals surface area contributed by atoms with Crippen LogP contribution in [0.2, 0.25) is 0 Å². The van der Waals surface area contributed by atoms with Crippen LogP contribution in [0.3, 0.4) is 0 Å². The summed E-state index contributed by atoms with van der Waals surface area (Å²) in [5.74, 6) is 0. The summed E-state index contributed by atoms with van der Waals surface area (Å²) in [6.45, 7) is -0.599. The number of urea groups is 1. The summed E-state index contributed by atoms with van der Waals surface area (Å²) < 4.78 is 4.81. The van der Waals surface area contributed by atoms with Crippen molar-refractivity contribution in [1.29, 1.82) is 0 Å². The van der Waals surface area contributed by atoms with Crippen molar-refractivity contribution in [3.8, 4) is 0 Å². The number of nitrogens with one attached hydrogen (secondary N) is 2. The second-order valence-electron chi connectivity index (χ2n) is 3.85. The topological polar surface area (TPSA) is 158 Å². The molecule has 6 N–H and O–H groups in total. The van der Waals surface area contributed by atoms with Crippen LogP contribution in [0.15, 0.2) is 0 Å². The van der Waals surface area contributed by atoms with Crippen LogP contribution in [0.4, 0.5) is 4.79 Å². The Kier molecular flexibility index (Phi) is 5.22. The summed E-state index contributed by atoms with van der Waals surface area (Å²) in [6.07, 6.45) is -5.80. The SMILES string of the molecule is CN(N[O-])C(=O)N[C@H]1C(O)O[C@H](CO)[C@@H](O)[C@@H]1O. The Morgan fingerprint density at radius 1 is 1.39 bits per heavy atom. The van der Waals surface area contributed by atoms with E-state index >= 15 is 0 Å². The molecule has 18 heavy (non-hydrogen) atoms. The highest BCUT2D eigenvalue weighted by molar-refractivity contribution is 5.73. The molecule has 0 aromatic carbocycles. The van der Waals surface area contributed by atoms with Crippen LogP contribution < -0.4 is 10.9 Å². The fourth-order valence-corrected chi connectivity index (χ4v) is 1.53. The van der Waals surface area contributed by atoms with Crippen LogP contribution >= 0.6 is 0 Å². The molecule has 0 aliphatic carbocycles. The zero-order valence-corrected chi connectivity index (χ0v) is 9.55. The van der Waals surface area contributed by atoms with E-state index in [1.807, 2.05) is 0 Å². The Balaban J connectivity index is 2.68. The predicted octanol–water partition coefficient (Wildman–Crippen LogP) is -3.57. The van der Waals surface area contributed by atoms with E-state index in [4.69, 9.17) is 9.84 Å². The van der Waals surface area contributed by atoms with E-state index in [1.165, 1.54) is 5.59 Å². The number of nitrogens with zero attached hydrogens (tertiary/aromatic N) is 1. The Morgan fingerprint density at radius 3 is 2.50 bits per heavy atom. The van der Waals surface area contributed by atoms with Crippen molar-refractivity contribution in [2.24, 2.45) is 0 Å². The Labute approximate surface area is 102 Å². The number of aliphatic hydroxyl groups is 4. The first kappa shape index (κ1) is 15.0. The first-order chi connectivity index (χ1) is 8.42. The fraction of sp³-hybridized carbons (Fsp3) is 0.875. The summed E-state index contributed by atoms with van der Waals surface area (Å²) in [5.41, 5.74) is 1.28. The highest BCUT2D eigenvalue weighted by Crippen LogP contribution is 2.19. The highest BCUT2D eigenvalue weighted by Gasteiger charge is 2.44. The third kappa shape index (κ3) is 3.05. The quantitative estimate of drug-likeness (QED) is 0.286. The molecule has 10 nitrogen and oxygen atoms in total. The fourth-order valence-electron chi connectivity index (χ4n) is 1.53. The van der Waals surface area contributed by atoms with Gasteiger partial charge in [0.2, 0.25) is 0 Å². The van der Waals surface area contributed by atoms with Gasteiger partial charge in [0.05, 0.1) is 6.61 Å². The number of hydrogen-bond donors (Lipinski definition) is 6. The van der Waals surface area contributed by atoms with Crippen LogP contribution in [0.25, 0.3) is 0 Å². The zero-order valence-electron chi connectivity index (χ0n) is 9.55. The van der Waals surface area contributed by atoms with E-state index in [9.17, 15) is 25.3 Å². The molecule has 10 heteroatoms. The minimum absolute atomic E-state index is 0.532. The van der Waals surface area contributed by atoms with Crippen LogP contribution in [-0.4, -0.2) is 75.8 Å². The molecule has 1 aliphatic heterocycles. The maximum absolute atomic E-state index is 11.3. The van der Waals surface area contributed by atoms with Crippen LogP contribution in [-0.2, 0) is 4.74 Å². The van der Waals surface area contributed by atoms with Gasteiger partial charge in [0, 0.05) is 7.05 Å². The molecular weight excluding hydrogens is 250 g/mol. The monoisotopic (exact) mass is 266 g/mol. The predicted molar refractivity (Wildman–Crippen MR) is 56.6 cm³/mol. The molecule has 0 spiro atoms. The van der Waals surface area contributed by atoms with Crippen molar-refractivity contribution in [2.45, 2.75) is 30.6 Å². The standard InChI is InChI=1S/C8H16N3O7/c1-11(10-17)8(16)9-4-6(14)5(13)3(2-12)18-7(4)15/h3-7,10,12-15H,2H2,1H3,(H,9,16)/q-1/t3-,4-,5-,6-,7?/m1/s1. The van der Waals surface area contributed by atoms with Gasteiger partial charge in [-0.15, -0.1) is 0 Å². The molecule has 0 aromatic heterocycles. The van der Waals surface area contributed by atoms with E-state index in [0.29, 0.717) is 5.01 Å². The second-order valence-corrected chi connectivity index (χ2v) is 3.85. The van der Waals surface area contributed by atoms with Gasteiger partial charge in [-0.25, -0.2) is 4.79 Å². The maximum atomic E-state index is 11.3. The first-order valence-corrected chi connectivity index (χ1v) is 5.15. The van der Waals surface area contributed by atoms with Gasteiger partial charge in [-0.2, -0.15) is 0 Å². The molecule has 0 radical (unpaired) electrons. The lowest BCUT2D eigenvalue weighted by Crippen LogP contribution is -2.65. The van der Waals surface area contributed by atoms with E-state index in [2.05, 4.69) is 5.32 Å². The van der Waals surface area contributed by atoms with E-state index in [-0.39, 0.29) is 0 Å². The van der Waals surface area contributed by atoms with Crippen molar-refractivity contribution >= 4 is 6.03 Å². The van der Waals surface area contributed by atoms with E-state index in [0.717, 1.165) is 7.05 Å². The number of hydrazine groups is 1. The molecule has 0 aromatic rings. The third-order valence-corrected chi connectivity index (χ3v) is 2.63. The van der Waals surface area contributed by atoms with Gasteiger partial charge in [0.25, 0.3) is 0 Å². The lowest BCUT2D eigenvalue weighted by molar-refractivity contribution is -0.252. The van der Waals surface area contributed by atoms with E-state index in [1.54, 1.807) is 0 Å². The van der Waals surface area contributed by atoms with Crippen molar-refractivity contribution in [3.63, 3.8) is 0 Å². The zero-order chi connectivity index (χ0) is 13.9. The second kappa shape index (κ2) is 6.24. The van der Waals surface area contributed by atoms with Gasteiger partial charge in [-0.05, 0) is 0 Å². The Hall–Kier alpha value is -1.01. The van der Waals surface area contributed by atoms with Gasteiger partial charge in [0.1, 0.15) is 24.4 Å². The molecule has 1 fully saturated rings. The highest BCUT2D eigenvalue weighted by atomic mass is 16.6. The molecule has 1 aliphatic rings. The van der Waals surface area contributed by atoms with Crippen molar-refractivity contribution in [1.82, 2.24) is 15.9 Å². The normalized spacial score (nSPS) is 36.2. The van der Waals surface area contributed by atoms with Crippen LogP contribution in [0, 0.1) is 5.21 Å². The molecule has 0 bridgehead atoms. The molecule has 1 saturated heterocycles. The summed E-state index contributed by atoms with van der Waals surface area (Å²) in [4.78, 5) is 11.3. The van der Waals surface area contributed by atoms with Gasteiger partial charge >= 0.3 is 6.03 Å². The number of aliphatic hydroxyl groups excluding tert-OH is 4. The van der Waals surface area contributed by atoms with Gasteiger partial charge in [-0.3, -0.25) is 5.01 Å². The summed E-state index contributed by atoms with van der Waals surface area (Å²) in [6, 6.07) is -2.25. The van der Waals surface area contributed by atoms with Crippen molar-refractivity contribution in [3.05, 3.63) is 5.21 Å². The van der Waals surface area contributed by atoms with Crippen LogP contribution in [0.5, 0.6) is 0 Å². The smallest absolute Gasteiger partial charge is 0.331 e. The molecule has 2 amide bonds. The van der Waals surface area contributed by atoms with Gasteiger partial charge < -0.3 is 41.3 Å². The summed E-state index contributed by atoms with van der Waals surface area (Å²) in [7, 11) is 1.12. The molecular formula is C8H16N3O7-. The lowest BCUT2D eigenvalue weighted by atomic mass is 9.97. The largest absolute Gasteiger partial charge is 0.770 e. The number of amides is 2. The third-order valence-electron chi connectivity index (χ3n) is 2.63. The van der Waals surface area contributed by atoms with Crippen molar-refractivity contribution < 1.29 is 30.0 Å². The number of carbonyl (C=O) groups is 1. The molecule has 5 atom stereocenters. The molecule has 1 heterocycles. The minimum atomic E-state index is -1.62. The number of ether oxygens (including phenoxy) is 1. The number of rotatable bonds is 3. The average Bonchev–Trinajstić information content (AvgIpc) is 2.37. The average molecular weight is 266 g/mol. The molecule has 106 valence electrons. The maximum Gasteiger partial charge on any atom is 0.331 e. The van der Waals surface area contributed by atoms with Gasteiger partial charge in [0.15, 0.2) is 6.29 Å². The van der Waals surface area contributed by atoms with Crippen LogP contribution in [0.1, 0.15) is 0 Å². The molecule has 0 saturated carbocycles. The Morgan fingerprint density at radius 2 is 2.00 bits per heavy atom. The minimum Gasteiger partial charge on any atom is -0.770 e. The molecule has 1 unspecified atom stereocenters. The lowest BCUT2D eigenvalue weighted by Gasteiger charge is -2.40.